The number of nitrogens with zero attached hydrogens (tertiary/aromatic N) is 4. The van der Waals surface area contributed by atoms with Crippen LogP contribution in [0.1, 0.15) is 5.56 Å². The Morgan fingerprint density at radius 3 is 2.60 bits per heavy atom. The zero-order valence-corrected chi connectivity index (χ0v) is 10.5. The first-order valence-corrected chi connectivity index (χ1v) is 5.64. The topological polar surface area (TPSA) is 116 Å². The van der Waals surface area contributed by atoms with E-state index >= 15 is 0 Å². The number of nitro groups is 2. The molecule has 0 bridgehead atoms. The Hall–Kier alpha value is -2.97. The van der Waals surface area contributed by atoms with Crippen LogP contribution in [0.5, 0.6) is 0 Å². The van der Waals surface area contributed by atoms with Crippen molar-refractivity contribution in [3.8, 4) is 0 Å². The van der Waals surface area contributed by atoms with Crippen molar-refractivity contribution < 1.29 is 9.85 Å². The Kier molecular flexibility index (Phi) is 3.60. The van der Waals surface area contributed by atoms with Gasteiger partial charge >= 0.3 is 5.69 Å². The first-order chi connectivity index (χ1) is 9.52. The summed E-state index contributed by atoms with van der Waals surface area (Å²) in [5, 5.41) is 28.2. The number of nitrogens with one attached hydrogen (secondary N) is 1. The molecule has 1 heterocycles. The largest absolute Gasteiger partial charge is 0.382 e. The van der Waals surface area contributed by atoms with Crippen LogP contribution >= 0.6 is 0 Å². The highest BCUT2D eigenvalue weighted by Crippen LogP contribution is 2.28. The molecule has 0 spiro atoms. The van der Waals surface area contributed by atoms with E-state index in [-0.39, 0.29) is 17.9 Å². The maximum atomic E-state index is 10.9. The highest BCUT2D eigenvalue weighted by Gasteiger charge is 2.17. The normalized spacial score (nSPS) is 10.2. The van der Waals surface area contributed by atoms with Crippen molar-refractivity contribution in [3.63, 3.8) is 0 Å². The minimum atomic E-state index is -0.546. The summed E-state index contributed by atoms with van der Waals surface area (Å²) in [5.74, 6) is 0. The van der Waals surface area contributed by atoms with Crippen molar-refractivity contribution in [1.82, 2.24) is 9.78 Å². The Bertz CT molecular complexity index is 667. The lowest BCUT2D eigenvalue weighted by Gasteiger charge is -2.09. The quantitative estimate of drug-likeness (QED) is 0.657. The van der Waals surface area contributed by atoms with Crippen LogP contribution in [0.4, 0.5) is 17.1 Å². The van der Waals surface area contributed by atoms with Crippen LogP contribution in [0.15, 0.2) is 30.6 Å². The van der Waals surface area contributed by atoms with E-state index in [9.17, 15) is 20.2 Å². The van der Waals surface area contributed by atoms with Gasteiger partial charge in [-0.1, -0.05) is 12.1 Å². The smallest absolute Gasteiger partial charge is 0.307 e. The van der Waals surface area contributed by atoms with Gasteiger partial charge in [-0.05, 0) is 0 Å². The summed E-state index contributed by atoms with van der Waals surface area (Å²) in [6.45, 7) is 0.200. The van der Waals surface area contributed by atoms with E-state index in [4.69, 9.17) is 0 Å². The zero-order valence-electron chi connectivity index (χ0n) is 10.5. The van der Waals surface area contributed by atoms with Crippen molar-refractivity contribution in [3.05, 3.63) is 56.4 Å². The molecule has 20 heavy (non-hydrogen) atoms. The Labute approximate surface area is 113 Å². The lowest BCUT2D eigenvalue weighted by atomic mass is 10.1. The van der Waals surface area contributed by atoms with E-state index in [1.807, 2.05) is 0 Å². The van der Waals surface area contributed by atoms with Crippen molar-refractivity contribution in [2.24, 2.45) is 0 Å². The zero-order chi connectivity index (χ0) is 14.7. The van der Waals surface area contributed by atoms with Gasteiger partial charge in [0.25, 0.3) is 5.69 Å². The van der Waals surface area contributed by atoms with E-state index in [0.717, 1.165) is 6.20 Å². The van der Waals surface area contributed by atoms with Gasteiger partial charge in [-0.2, -0.15) is 5.10 Å². The summed E-state index contributed by atoms with van der Waals surface area (Å²) >= 11 is 0. The number of nitro benzene ring substituents is 1. The van der Waals surface area contributed by atoms with E-state index in [1.165, 1.54) is 16.9 Å². The molecule has 0 saturated carbocycles. The number of hydrogen-bond acceptors (Lipinski definition) is 6. The van der Waals surface area contributed by atoms with Crippen LogP contribution in [0.2, 0.25) is 0 Å². The highest BCUT2D eigenvalue weighted by atomic mass is 16.6. The number of benzene rings is 1. The van der Waals surface area contributed by atoms with Gasteiger partial charge in [-0.25, -0.2) is 0 Å². The monoisotopic (exact) mass is 277 g/mol. The average molecular weight is 277 g/mol. The van der Waals surface area contributed by atoms with Crippen molar-refractivity contribution in [1.29, 1.82) is 0 Å². The maximum Gasteiger partial charge on any atom is 0.307 e. The fraction of sp³-hybridized carbons (Fsp3) is 0.182. The number of para-hydroxylation sites is 1. The standard InChI is InChI=1S/C11H11N5O4/c1-12-11-8(3-2-4-10(11)16(19)20)6-14-7-9(5-13-14)15(17)18/h2-5,7,12H,6H2,1H3. The van der Waals surface area contributed by atoms with E-state index in [0.29, 0.717) is 11.3 Å². The van der Waals surface area contributed by atoms with Gasteiger partial charge in [0.15, 0.2) is 0 Å². The van der Waals surface area contributed by atoms with Gasteiger partial charge in [0.1, 0.15) is 18.1 Å². The van der Waals surface area contributed by atoms with Crippen LogP contribution in [0.3, 0.4) is 0 Å². The molecule has 9 nitrogen and oxygen atoms in total. The molecule has 2 rings (SSSR count). The fourth-order valence-corrected chi connectivity index (χ4v) is 1.87. The number of rotatable bonds is 5. The highest BCUT2D eigenvalue weighted by molar-refractivity contribution is 5.66. The number of hydrogen-bond donors (Lipinski definition) is 1. The molecule has 9 heteroatoms. The molecule has 0 aliphatic rings. The number of anilines is 1. The maximum absolute atomic E-state index is 10.9. The molecule has 1 aromatic carbocycles. The van der Waals surface area contributed by atoms with Gasteiger partial charge in [0.2, 0.25) is 0 Å². The van der Waals surface area contributed by atoms with E-state index < -0.39 is 9.85 Å². The van der Waals surface area contributed by atoms with Crippen LogP contribution < -0.4 is 5.32 Å². The summed E-state index contributed by atoms with van der Waals surface area (Å²) in [6.07, 6.45) is 2.41. The molecule has 1 aromatic heterocycles. The van der Waals surface area contributed by atoms with Crippen molar-refractivity contribution >= 4 is 17.1 Å². The van der Waals surface area contributed by atoms with Gasteiger partial charge in [0.05, 0.1) is 16.4 Å². The second-order valence-corrected chi connectivity index (χ2v) is 3.97. The minimum Gasteiger partial charge on any atom is -0.382 e. The molecule has 0 amide bonds. The summed E-state index contributed by atoms with van der Waals surface area (Å²) in [4.78, 5) is 20.5. The third-order valence-electron chi connectivity index (χ3n) is 2.74. The van der Waals surface area contributed by atoms with Crippen molar-refractivity contribution in [2.75, 3.05) is 12.4 Å². The third kappa shape index (κ3) is 2.55. The molecule has 0 unspecified atom stereocenters. The van der Waals surface area contributed by atoms with Gasteiger partial charge in [-0.15, -0.1) is 0 Å². The van der Waals surface area contributed by atoms with Gasteiger partial charge < -0.3 is 5.32 Å². The molecule has 104 valence electrons. The third-order valence-corrected chi connectivity index (χ3v) is 2.74. The molecular weight excluding hydrogens is 266 g/mol. The van der Waals surface area contributed by atoms with Crippen LogP contribution in [-0.4, -0.2) is 26.7 Å². The van der Waals surface area contributed by atoms with Crippen LogP contribution in [-0.2, 0) is 6.54 Å². The average Bonchev–Trinajstić information content (AvgIpc) is 2.87. The molecule has 0 aliphatic heterocycles. The molecule has 0 aliphatic carbocycles. The van der Waals surface area contributed by atoms with Gasteiger partial charge in [-0.3, -0.25) is 24.9 Å². The summed E-state index contributed by atoms with van der Waals surface area (Å²) in [5.41, 5.74) is 0.823. The van der Waals surface area contributed by atoms with E-state index in [2.05, 4.69) is 10.4 Å². The van der Waals surface area contributed by atoms with Crippen LogP contribution in [0.25, 0.3) is 0 Å². The molecule has 1 N–H and O–H groups in total. The van der Waals surface area contributed by atoms with Crippen LogP contribution in [0, 0.1) is 20.2 Å². The summed E-state index contributed by atoms with van der Waals surface area (Å²) in [6, 6.07) is 4.65. The fourth-order valence-electron chi connectivity index (χ4n) is 1.87. The number of aromatic nitrogens is 2. The first-order valence-electron chi connectivity index (χ1n) is 5.64. The molecule has 0 radical (unpaired) electrons. The molecule has 2 aromatic rings. The Morgan fingerprint density at radius 2 is 2.05 bits per heavy atom. The molecular formula is C11H11N5O4. The SMILES string of the molecule is CNc1c(Cn2cc([N+](=O)[O-])cn2)cccc1[N+](=O)[O-]. The lowest BCUT2D eigenvalue weighted by Crippen LogP contribution is -2.06. The molecule has 0 saturated heterocycles. The molecule has 0 atom stereocenters. The second kappa shape index (κ2) is 5.34. The molecule has 0 fully saturated rings. The Balaban J connectivity index is 2.35. The lowest BCUT2D eigenvalue weighted by molar-refractivity contribution is -0.385. The predicted molar refractivity (Wildman–Crippen MR) is 70.6 cm³/mol. The van der Waals surface area contributed by atoms with Crippen molar-refractivity contribution in [2.45, 2.75) is 6.54 Å². The first kappa shape index (κ1) is 13.5. The summed E-state index contributed by atoms with van der Waals surface area (Å²) in [7, 11) is 1.58. The minimum absolute atomic E-state index is 0.0494. The predicted octanol–water partition coefficient (Wildman–Crippen LogP) is 1.79. The van der Waals surface area contributed by atoms with Gasteiger partial charge in [0, 0.05) is 18.7 Å². The second-order valence-electron chi connectivity index (χ2n) is 3.97. The van der Waals surface area contributed by atoms with E-state index in [1.54, 1.807) is 19.2 Å². The Morgan fingerprint density at radius 1 is 1.30 bits per heavy atom. The summed E-state index contributed by atoms with van der Waals surface area (Å²) < 4.78 is 1.36.